The molecular formula is C7H3BrFIO. The topological polar surface area (TPSA) is 17.1 Å². The number of halogens is 3. The fourth-order valence-corrected chi connectivity index (χ4v) is 2.14. The van der Waals surface area contributed by atoms with Gasteiger partial charge < -0.3 is 0 Å². The molecule has 0 spiro atoms. The summed E-state index contributed by atoms with van der Waals surface area (Å²) in [6.45, 7) is 0. The molecule has 0 bridgehead atoms. The van der Waals surface area contributed by atoms with Crippen LogP contribution in [-0.2, 0) is 0 Å². The van der Waals surface area contributed by atoms with Gasteiger partial charge in [-0.15, -0.1) is 0 Å². The minimum atomic E-state index is -0.323. The first-order chi connectivity index (χ1) is 5.15. The highest BCUT2D eigenvalue weighted by atomic mass is 127. The SMILES string of the molecule is O=Cc1cc(Br)c(F)c(I)c1. The van der Waals surface area contributed by atoms with Gasteiger partial charge in [0.05, 0.1) is 8.04 Å². The molecule has 0 aromatic heterocycles. The quantitative estimate of drug-likeness (QED) is 0.440. The molecule has 0 aliphatic rings. The number of hydrogen-bond donors (Lipinski definition) is 0. The van der Waals surface area contributed by atoms with Crippen molar-refractivity contribution in [2.24, 2.45) is 0 Å². The van der Waals surface area contributed by atoms with Crippen LogP contribution in [0.4, 0.5) is 4.39 Å². The molecule has 0 aliphatic heterocycles. The van der Waals surface area contributed by atoms with Crippen LogP contribution in [-0.4, -0.2) is 6.29 Å². The van der Waals surface area contributed by atoms with E-state index in [1.54, 1.807) is 0 Å². The lowest BCUT2D eigenvalue weighted by Gasteiger charge is -1.97. The molecule has 4 heteroatoms. The molecule has 58 valence electrons. The second-order valence-corrected chi connectivity index (χ2v) is 3.93. The third-order valence-electron chi connectivity index (χ3n) is 1.14. The van der Waals surface area contributed by atoms with Crippen LogP contribution in [0.1, 0.15) is 10.4 Å². The fraction of sp³-hybridized carbons (Fsp3) is 0. The maximum absolute atomic E-state index is 12.9. The summed E-state index contributed by atoms with van der Waals surface area (Å²) in [5.74, 6) is -0.323. The third kappa shape index (κ3) is 1.99. The Hall–Kier alpha value is 0.0300. The second-order valence-electron chi connectivity index (χ2n) is 1.92. The van der Waals surface area contributed by atoms with Gasteiger partial charge in [-0.2, -0.15) is 0 Å². The van der Waals surface area contributed by atoms with Gasteiger partial charge >= 0.3 is 0 Å². The van der Waals surface area contributed by atoms with Gasteiger partial charge in [-0.3, -0.25) is 4.79 Å². The predicted octanol–water partition coefficient (Wildman–Crippen LogP) is 3.01. The van der Waals surface area contributed by atoms with E-state index in [1.165, 1.54) is 12.1 Å². The molecule has 0 N–H and O–H groups in total. The van der Waals surface area contributed by atoms with Crippen LogP contribution in [0, 0.1) is 9.39 Å². The van der Waals surface area contributed by atoms with E-state index in [0.29, 0.717) is 19.9 Å². The Morgan fingerprint density at radius 1 is 1.55 bits per heavy atom. The number of hydrogen-bond acceptors (Lipinski definition) is 1. The molecule has 0 radical (unpaired) electrons. The molecule has 0 fully saturated rings. The van der Waals surface area contributed by atoms with Crippen molar-refractivity contribution in [1.29, 1.82) is 0 Å². The van der Waals surface area contributed by atoms with Crippen LogP contribution in [0.3, 0.4) is 0 Å². The van der Waals surface area contributed by atoms with E-state index in [-0.39, 0.29) is 5.82 Å². The Labute approximate surface area is 85.3 Å². The average Bonchev–Trinajstić information content (AvgIpc) is 1.99. The van der Waals surface area contributed by atoms with E-state index in [2.05, 4.69) is 15.9 Å². The van der Waals surface area contributed by atoms with Crippen LogP contribution < -0.4 is 0 Å². The molecule has 0 unspecified atom stereocenters. The standard InChI is InChI=1S/C7H3BrFIO/c8-5-1-4(3-11)2-6(10)7(5)9/h1-3H. The molecule has 0 aliphatic carbocycles. The third-order valence-corrected chi connectivity index (χ3v) is 2.50. The van der Waals surface area contributed by atoms with Gasteiger partial charge in [0.25, 0.3) is 0 Å². The Balaban J connectivity index is 3.31. The molecule has 0 amide bonds. The Kier molecular flexibility index (Phi) is 3.00. The van der Waals surface area contributed by atoms with E-state index < -0.39 is 0 Å². The van der Waals surface area contributed by atoms with E-state index in [0.717, 1.165) is 0 Å². The zero-order valence-electron chi connectivity index (χ0n) is 5.27. The number of carbonyl (C=O) groups excluding carboxylic acids is 1. The summed E-state index contributed by atoms with van der Waals surface area (Å²) >= 11 is 4.83. The normalized spacial score (nSPS) is 9.73. The highest BCUT2D eigenvalue weighted by Gasteiger charge is 2.05. The van der Waals surface area contributed by atoms with Crippen molar-refractivity contribution in [1.82, 2.24) is 0 Å². The maximum atomic E-state index is 12.9. The van der Waals surface area contributed by atoms with Gasteiger partial charge in [0.1, 0.15) is 6.29 Å². The number of rotatable bonds is 1. The molecule has 0 saturated carbocycles. The van der Waals surface area contributed by atoms with Crippen LogP contribution in [0.15, 0.2) is 16.6 Å². The monoisotopic (exact) mass is 328 g/mol. The van der Waals surface area contributed by atoms with Crippen LogP contribution in [0.5, 0.6) is 0 Å². The summed E-state index contributed by atoms with van der Waals surface area (Å²) in [7, 11) is 0. The molecule has 1 aromatic carbocycles. The van der Waals surface area contributed by atoms with Crippen molar-refractivity contribution >= 4 is 44.8 Å². The lowest BCUT2D eigenvalue weighted by molar-refractivity contribution is 0.112. The second kappa shape index (κ2) is 3.62. The zero-order valence-corrected chi connectivity index (χ0v) is 9.02. The molecule has 1 rings (SSSR count). The van der Waals surface area contributed by atoms with Crippen molar-refractivity contribution in [2.75, 3.05) is 0 Å². The number of aldehydes is 1. The first-order valence-electron chi connectivity index (χ1n) is 2.75. The Morgan fingerprint density at radius 2 is 2.18 bits per heavy atom. The highest BCUT2D eigenvalue weighted by Crippen LogP contribution is 2.21. The van der Waals surface area contributed by atoms with Crippen LogP contribution in [0.25, 0.3) is 0 Å². The molecule has 0 heterocycles. The summed E-state index contributed by atoms with van der Waals surface area (Å²) < 4.78 is 13.6. The van der Waals surface area contributed by atoms with Crippen molar-refractivity contribution < 1.29 is 9.18 Å². The summed E-state index contributed by atoms with van der Waals surface area (Å²) in [5.41, 5.74) is 0.475. The first-order valence-corrected chi connectivity index (χ1v) is 4.62. The summed E-state index contributed by atoms with van der Waals surface area (Å²) in [6, 6.07) is 2.94. The van der Waals surface area contributed by atoms with Gasteiger partial charge in [-0.25, -0.2) is 4.39 Å². The predicted molar refractivity (Wildman–Crippen MR) is 52.2 cm³/mol. The van der Waals surface area contributed by atoms with E-state index in [1.807, 2.05) is 22.6 Å². The van der Waals surface area contributed by atoms with Crippen molar-refractivity contribution in [3.63, 3.8) is 0 Å². The smallest absolute Gasteiger partial charge is 0.150 e. The van der Waals surface area contributed by atoms with E-state index >= 15 is 0 Å². The largest absolute Gasteiger partial charge is 0.298 e. The summed E-state index contributed by atoms with van der Waals surface area (Å²) in [5, 5.41) is 0. The van der Waals surface area contributed by atoms with Crippen molar-refractivity contribution in [2.45, 2.75) is 0 Å². The number of benzene rings is 1. The minimum absolute atomic E-state index is 0.323. The Morgan fingerprint density at radius 3 is 2.64 bits per heavy atom. The number of carbonyl (C=O) groups is 1. The van der Waals surface area contributed by atoms with Crippen LogP contribution in [0.2, 0.25) is 0 Å². The van der Waals surface area contributed by atoms with E-state index in [9.17, 15) is 9.18 Å². The van der Waals surface area contributed by atoms with Crippen molar-refractivity contribution in [3.05, 3.63) is 31.6 Å². The highest BCUT2D eigenvalue weighted by molar-refractivity contribution is 14.1. The molecule has 1 aromatic rings. The van der Waals surface area contributed by atoms with Gasteiger partial charge in [0.2, 0.25) is 0 Å². The van der Waals surface area contributed by atoms with Gasteiger partial charge in [-0.05, 0) is 50.7 Å². The van der Waals surface area contributed by atoms with Crippen molar-refractivity contribution in [3.8, 4) is 0 Å². The summed E-state index contributed by atoms with van der Waals surface area (Å²) in [4.78, 5) is 10.3. The van der Waals surface area contributed by atoms with Crippen LogP contribution >= 0.6 is 38.5 Å². The Bertz CT molecular complexity index is 277. The van der Waals surface area contributed by atoms with E-state index in [4.69, 9.17) is 0 Å². The first kappa shape index (κ1) is 9.12. The summed E-state index contributed by atoms with van der Waals surface area (Å²) in [6.07, 6.45) is 0.687. The zero-order chi connectivity index (χ0) is 8.43. The average molecular weight is 329 g/mol. The molecule has 0 saturated heterocycles. The lowest BCUT2D eigenvalue weighted by Crippen LogP contribution is -1.87. The lowest BCUT2D eigenvalue weighted by atomic mass is 10.2. The molecule has 0 atom stereocenters. The molecule has 1 nitrogen and oxygen atoms in total. The maximum Gasteiger partial charge on any atom is 0.150 e. The van der Waals surface area contributed by atoms with Gasteiger partial charge in [0.15, 0.2) is 5.82 Å². The molecular weight excluding hydrogens is 326 g/mol. The van der Waals surface area contributed by atoms with Gasteiger partial charge in [0, 0.05) is 5.56 Å². The fourth-order valence-electron chi connectivity index (χ4n) is 0.643. The van der Waals surface area contributed by atoms with Gasteiger partial charge in [-0.1, -0.05) is 0 Å². The minimum Gasteiger partial charge on any atom is -0.298 e. The molecule has 11 heavy (non-hydrogen) atoms.